The first-order valence-corrected chi connectivity index (χ1v) is 4.09. The SMILES string of the molecule is CCS(=O)CN=C=S. The smallest absolute Gasteiger partial charge is 0.124 e. The summed E-state index contributed by atoms with van der Waals surface area (Å²) in [6.45, 7) is 1.84. The number of nitrogens with zero attached hydrogens (tertiary/aromatic N) is 1. The van der Waals surface area contributed by atoms with Crippen molar-refractivity contribution in [2.45, 2.75) is 6.92 Å². The van der Waals surface area contributed by atoms with Gasteiger partial charge in [0.05, 0.1) is 5.16 Å². The van der Waals surface area contributed by atoms with Gasteiger partial charge in [0.15, 0.2) is 0 Å². The van der Waals surface area contributed by atoms with Crippen LogP contribution in [-0.4, -0.2) is 21.0 Å². The van der Waals surface area contributed by atoms with Crippen molar-refractivity contribution in [1.29, 1.82) is 0 Å². The summed E-state index contributed by atoms with van der Waals surface area (Å²) in [5, 5.41) is 2.15. The van der Waals surface area contributed by atoms with E-state index in [-0.39, 0.29) is 0 Å². The Morgan fingerprint density at radius 3 is 2.88 bits per heavy atom. The van der Waals surface area contributed by atoms with Crippen molar-refractivity contribution in [2.24, 2.45) is 4.99 Å². The van der Waals surface area contributed by atoms with Crippen LogP contribution in [0.1, 0.15) is 6.92 Å². The third kappa shape index (κ3) is 4.12. The molecule has 1 atom stereocenters. The Hall–Kier alpha value is -0.0500. The highest BCUT2D eigenvalue weighted by Gasteiger charge is 1.88. The molecule has 0 bridgehead atoms. The second-order valence-electron chi connectivity index (χ2n) is 1.11. The van der Waals surface area contributed by atoms with Crippen molar-refractivity contribution < 1.29 is 4.21 Å². The van der Waals surface area contributed by atoms with Gasteiger partial charge >= 0.3 is 0 Å². The molecule has 0 radical (unpaired) electrons. The van der Waals surface area contributed by atoms with Crippen molar-refractivity contribution in [1.82, 2.24) is 0 Å². The van der Waals surface area contributed by atoms with Crippen LogP contribution in [0, 0.1) is 0 Å². The van der Waals surface area contributed by atoms with Gasteiger partial charge in [0.1, 0.15) is 5.88 Å². The van der Waals surface area contributed by atoms with Crippen molar-refractivity contribution in [3.63, 3.8) is 0 Å². The molecule has 0 aromatic rings. The van der Waals surface area contributed by atoms with Crippen LogP contribution in [0.3, 0.4) is 0 Å². The van der Waals surface area contributed by atoms with Crippen LogP contribution in [-0.2, 0) is 10.8 Å². The van der Waals surface area contributed by atoms with E-state index in [9.17, 15) is 4.21 Å². The van der Waals surface area contributed by atoms with E-state index in [1.165, 1.54) is 0 Å². The van der Waals surface area contributed by atoms with E-state index < -0.39 is 10.8 Å². The summed E-state index contributed by atoms with van der Waals surface area (Å²) < 4.78 is 10.5. The van der Waals surface area contributed by atoms with Gasteiger partial charge in [0, 0.05) is 16.6 Å². The van der Waals surface area contributed by atoms with Crippen LogP contribution >= 0.6 is 12.2 Å². The molecule has 0 aromatic heterocycles. The number of hydrogen-bond donors (Lipinski definition) is 0. The molecule has 0 amide bonds. The lowest BCUT2D eigenvalue weighted by molar-refractivity contribution is 0.684. The van der Waals surface area contributed by atoms with Crippen LogP contribution in [0.25, 0.3) is 0 Å². The molecular weight excluding hydrogens is 142 g/mol. The van der Waals surface area contributed by atoms with E-state index in [2.05, 4.69) is 22.4 Å². The summed E-state index contributed by atoms with van der Waals surface area (Å²) >= 11 is 4.27. The monoisotopic (exact) mass is 149 g/mol. The van der Waals surface area contributed by atoms with Gasteiger partial charge in [-0.3, -0.25) is 4.21 Å². The third-order valence-electron chi connectivity index (χ3n) is 0.595. The zero-order valence-corrected chi connectivity index (χ0v) is 6.22. The van der Waals surface area contributed by atoms with Gasteiger partial charge < -0.3 is 0 Å². The molecule has 1 unspecified atom stereocenters. The molecule has 0 heterocycles. The highest BCUT2D eigenvalue weighted by Crippen LogP contribution is 1.79. The molecule has 8 heavy (non-hydrogen) atoms. The lowest BCUT2D eigenvalue weighted by Gasteiger charge is -1.85. The summed E-state index contributed by atoms with van der Waals surface area (Å²) in [7, 11) is -0.823. The molecule has 0 saturated heterocycles. The summed E-state index contributed by atoms with van der Waals surface area (Å²) in [5.41, 5.74) is 0. The molecule has 0 fully saturated rings. The maximum absolute atomic E-state index is 10.5. The normalized spacial score (nSPS) is 12.1. The van der Waals surface area contributed by atoms with Gasteiger partial charge in [-0.2, -0.15) is 0 Å². The summed E-state index contributed by atoms with van der Waals surface area (Å²) in [4.78, 5) is 3.51. The predicted molar refractivity (Wildman–Crippen MR) is 38.6 cm³/mol. The summed E-state index contributed by atoms with van der Waals surface area (Å²) in [6.07, 6.45) is 0. The fraction of sp³-hybridized carbons (Fsp3) is 0.750. The standard InChI is InChI=1S/C4H7NOS2/c1-2-8(6)4-5-3-7/h2,4H2,1H3. The van der Waals surface area contributed by atoms with Crippen molar-refractivity contribution >= 4 is 28.2 Å². The topological polar surface area (TPSA) is 29.4 Å². The largest absolute Gasteiger partial charge is 0.258 e. The van der Waals surface area contributed by atoms with Crippen molar-refractivity contribution in [3.8, 4) is 0 Å². The molecule has 0 aliphatic carbocycles. The molecule has 0 aliphatic rings. The minimum absolute atomic E-state index is 0.306. The highest BCUT2D eigenvalue weighted by molar-refractivity contribution is 7.85. The summed E-state index contributed by atoms with van der Waals surface area (Å²) in [6, 6.07) is 0. The Morgan fingerprint density at radius 2 is 2.50 bits per heavy atom. The summed E-state index contributed by atoms with van der Waals surface area (Å²) in [5.74, 6) is 0.945. The molecule has 0 spiro atoms. The van der Waals surface area contributed by atoms with Crippen LogP contribution < -0.4 is 0 Å². The Labute approximate surface area is 56.5 Å². The van der Waals surface area contributed by atoms with Crippen LogP contribution in [0.2, 0.25) is 0 Å². The number of isothiocyanates is 1. The van der Waals surface area contributed by atoms with E-state index in [0.717, 1.165) is 0 Å². The number of rotatable bonds is 3. The number of thiocarbonyl (C=S) groups is 1. The third-order valence-corrected chi connectivity index (χ3v) is 1.79. The zero-order valence-electron chi connectivity index (χ0n) is 4.59. The Bertz CT molecular complexity index is 128. The minimum atomic E-state index is -0.823. The predicted octanol–water partition coefficient (Wildman–Crippen LogP) is 0.815. The van der Waals surface area contributed by atoms with E-state index >= 15 is 0 Å². The minimum Gasteiger partial charge on any atom is -0.258 e. The Balaban J connectivity index is 3.39. The van der Waals surface area contributed by atoms with Gasteiger partial charge in [0.25, 0.3) is 0 Å². The van der Waals surface area contributed by atoms with Crippen molar-refractivity contribution in [2.75, 3.05) is 11.6 Å². The fourth-order valence-electron chi connectivity index (χ4n) is 0.190. The van der Waals surface area contributed by atoms with E-state index in [1.54, 1.807) is 0 Å². The van der Waals surface area contributed by atoms with E-state index in [0.29, 0.717) is 11.6 Å². The molecule has 4 heteroatoms. The van der Waals surface area contributed by atoms with Crippen LogP contribution in [0.4, 0.5) is 0 Å². The first-order valence-electron chi connectivity index (χ1n) is 2.20. The maximum atomic E-state index is 10.5. The lowest BCUT2D eigenvalue weighted by atomic mass is 11.0. The molecule has 0 aliphatic heterocycles. The fourth-order valence-corrected chi connectivity index (χ4v) is 0.727. The van der Waals surface area contributed by atoms with Gasteiger partial charge in [-0.05, 0) is 12.2 Å². The van der Waals surface area contributed by atoms with E-state index in [1.807, 2.05) is 6.92 Å². The van der Waals surface area contributed by atoms with Gasteiger partial charge in [0.2, 0.25) is 0 Å². The molecule has 46 valence electrons. The van der Waals surface area contributed by atoms with Gasteiger partial charge in [-0.15, -0.1) is 0 Å². The molecule has 2 nitrogen and oxygen atoms in total. The molecule has 0 N–H and O–H groups in total. The second kappa shape index (κ2) is 5.09. The molecule has 0 aromatic carbocycles. The van der Waals surface area contributed by atoms with Gasteiger partial charge in [-0.25, -0.2) is 4.99 Å². The average molecular weight is 149 g/mol. The highest BCUT2D eigenvalue weighted by atomic mass is 32.2. The van der Waals surface area contributed by atoms with Crippen LogP contribution in [0.5, 0.6) is 0 Å². The quantitative estimate of drug-likeness (QED) is 0.439. The van der Waals surface area contributed by atoms with E-state index in [4.69, 9.17) is 0 Å². The maximum Gasteiger partial charge on any atom is 0.124 e. The number of aliphatic imine (C=N–C) groups is 1. The Morgan fingerprint density at radius 1 is 1.88 bits per heavy atom. The second-order valence-corrected chi connectivity index (χ2v) is 3.00. The Kier molecular flexibility index (Phi) is 5.06. The molecule has 0 saturated carbocycles. The molecule has 0 rings (SSSR count). The molecular formula is C4H7NOS2. The number of hydrogen-bond acceptors (Lipinski definition) is 3. The zero-order chi connectivity index (χ0) is 6.41. The average Bonchev–Trinajstić information content (AvgIpc) is 1.83. The van der Waals surface area contributed by atoms with Crippen molar-refractivity contribution in [3.05, 3.63) is 0 Å². The van der Waals surface area contributed by atoms with Gasteiger partial charge in [-0.1, -0.05) is 6.92 Å². The first-order chi connectivity index (χ1) is 3.81. The lowest BCUT2D eigenvalue weighted by Crippen LogP contribution is -1.95. The first kappa shape index (κ1) is 7.95. The van der Waals surface area contributed by atoms with Crippen LogP contribution in [0.15, 0.2) is 4.99 Å².